The molecule has 0 spiro atoms. The summed E-state index contributed by atoms with van der Waals surface area (Å²) in [6.07, 6.45) is 0. The maximum Gasteiger partial charge on any atom is 0.311 e. The van der Waals surface area contributed by atoms with Crippen molar-refractivity contribution >= 4 is 28.6 Å². The molecule has 0 saturated heterocycles. The molecule has 0 aliphatic carbocycles. The minimum Gasteiger partial charge on any atom is -0.481 e. The molecule has 0 unspecified atom stereocenters. The lowest BCUT2D eigenvalue weighted by molar-refractivity contribution is -0.386. The Bertz CT molecular complexity index is 587. The quantitative estimate of drug-likeness (QED) is 0.630. The molecule has 0 aliphatic rings. The molecule has 2 rings (SSSR count). The van der Waals surface area contributed by atoms with E-state index in [1.54, 1.807) is 12.1 Å². The van der Waals surface area contributed by atoms with Gasteiger partial charge in [-0.05, 0) is 18.2 Å². The summed E-state index contributed by atoms with van der Waals surface area (Å²) < 4.78 is 18.9. The number of halogens is 2. The molecule has 1 aromatic heterocycles. The van der Waals surface area contributed by atoms with Crippen LogP contribution in [0.3, 0.4) is 0 Å². The zero-order valence-corrected chi connectivity index (χ0v) is 10.5. The van der Waals surface area contributed by atoms with Gasteiger partial charge < -0.3 is 4.74 Å². The zero-order chi connectivity index (χ0) is 13.1. The van der Waals surface area contributed by atoms with Crippen LogP contribution in [0, 0.1) is 15.9 Å². The van der Waals surface area contributed by atoms with Crippen LogP contribution in [0.1, 0.15) is 4.88 Å². The molecule has 0 bridgehead atoms. The third-order valence-electron chi connectivity index (χ3n) is 2.12. The Hall–Kier alpha value is -1.66. The summed E-state index contributed by atoms with van der Waals surface area (Å²) >= 11 is 7.05. The lowest BCUT2D eigenvalue weighted by Gasteiger charge is -2.05. The second kappa shape index (κ2) is 5.32. The molecule has 4 nitrogen and oxygen atoms in total. The Morgan fingerprint density at radius 2 is 2.17 bits per heavy atom. The van der Waals surface area contributed by atoms with Gasteiger partial charge >= 0.3 is 5.69 Å². The average molecular weight is 288 g/mol. The smallest absolute Gasteiger partial charge is 0.311 e. The fourth-order valence-corrected chi connectivity index (χ4v) is 2.33. The van der Waals surface area contributed by atoms with Crippen molar-refractivity contribution < 1.29 is 14.1 Å². The van der Waals surface area contributed by atoms with E-state index in [4.69, 9.17) is 16.3 Å². The van der Waals surface area contributed by atoms with E-state index in [2.05, 4.69) is 0 Å². The van der Waals surface area contributed by atoms with Gasteiger partial charge in [0.05, 0.1) is 9.26 Å². The lowest BCUT2D eigenvalue weighted by atomic mass is 10.3. The van der Waals surface area contributed by atoms with Crippen molar-refractivity contribution in [2.75, 3.05) is 0 Å². The van der Waals surface area contributed by atoms with E-state index in [0.717, 1.165) is 23.1 Å². The normalized spacial score (nSPS) is 10.3. The van der Waals surface area contributed by atoms with E-state index in [1.165, 1.54) is 11.3 Å². The van der Waals surface area contributed by atoms with Gasteiger partial charge in [-0.2, -0.15) is 0 Å². The summed E-state index contributed by atoms with van der Waals surface area (Å²) in [6.45, 7) is 0.113. The second-order valence-electron chi connectivity index (χ2n) is 3.36. The van der Waals surface area contributed by atoms with Gasteiger partial charge in [0.2, 0.25) is 0 Å². The van der Waals surface area contributed by atoms with Crippen LogP contribution in [0.5, 0.6) is 5.75 Å². The molecule has 0 atom stereocenters. The van der Waals surface area contributed by atoms with Gasteiger partial charge in [0.25, 0.3) is 0 Å². The van der Waals surface area contributed by atoms with E-state index in [-0.39, 0.29) is 18.0 Å². The molecule has 0 fully saturated rings. The molecule has 0 amide bonds. The van der Waals surface area contributed by atoms with Crippen LogP contribution < -0.4 is 4.74 Å². The van der Waals surface area contributed by atoms with Gasteiger partial charge in [-0.1, -0.05) is 11.6 Å². The van der Waals surface area contributed by atoms with Crippen LogP contribution >= 0.6 is 22.9 Å². The first kappa shape index (κ1) is 12.8. The number of nitro groups is 1. The van der Waals surface area contributed by atoms with Gasteiger partial charge in [0.15, 0.2) is 5.75 Å². The summed E-state index contributed by atoms with van der Waals surface area (Å²) in [4.78, 5) is 10.9. The molecule has 0 N–H and O–H groups in total. The molecule has 18 heavy (non-hydrogen) atoms. The van der Waals surface area contributed by atoms with E-state index in [9.17, 15) is 14.5 Å². The van der Waals surface area contributed by atoms with Crippen molar-refractivity contribution in [1.29, 1.82) is 0 Å². The molecule has 0 radical (unpaired) electrons. The third-order valence-corrected chi connectivity index (χ3v) is 3.32. The standard InChI is InChI=1S/C11H7ClFNO3S/c12-11-4-2-8(18-11)6-17-10-5-7(13)1-3-9(10)14(15)16/h1-5H,6H2. The van der Waals surface area contributed by atoms with Crippen molar-refractivity contribution in [3.63, 3.8) is 0 Å². The number of thiophene rings is 1. The highest BCUT2D eigenvalue weighted by Crippen LogP contribution is 2.29. The highest BCUT2D eigenvalue weighted by atomic mass is 35.5. The monoisotopic (exact) mass is 287 g/mol. The number of ether oxygens (including phenoxy) is 1. The molecule has 0 aliphatic heterocycles. The largest absolute Gasteiger partial charge is 0.481 e. The van der Waals surface area contributed by atoms with Crippen molar-refractivity contribution in [2.24, 2.45) is 0 Å². The molecule has 0 saturated carbocycles. The molecule has 7 heteroatoms. The van der Waals surface area contributed by atoms with Crippen LogP contribution in [0.4, 0.5) is 10.1 Å². The number of hydrogen-bond donors (Lipinski definition) is 0. The summed E-state index contributed by atoms with van der Waals surface area (Å²) in [7, 11) is 0. The fourth-order valence-electron chi connectivity index (χ4n) is 1.33. The SMILES string of the molecule is O=[N+]([O-])c1ccc(F)cc1OCc1ccc(Cl)s1. The van der Waals surface area contributed by atoms with Crippen LogP contribution in [0.15, 0.2) is 30.3 Å². The predicted octanol–water partition coefficient (Wildman–Crippen LogP) is 4.03. The third kappa shape index (κ3) is 2.96. The lowest BCUT2D eigenvalue weighted by Crippen LogP contribution is -1.98. The Morgan fingerprint density at radius 1 is 1.39 bits per heavy atom. The van der Waals surface area contributed by atoms with Crippen LogP contribution in [0.2, 0.25) is 4.34 Å². The minimum atomic E-state index is -0.615. The Kier molecular flexibility index (Phi) is 3.78. The molecular weight excluding hydrogens is 281 g/mol. The zero-order valence-electron chi connectivity index (χ0n) is 8.93. The topological polar surface area (TPSA) is 52.4 Å². The molecule has 1 heterocycles. The first-order valence-electron chi connectivity index (χ1n) is 4.87. The Balaban J connectivity index is 2.17. The number of benzene rings is 1. The number of nitrogens with zero attached hydrogens (tertiary/aromatic N) is 1. The van der Waals surface area contributed by atoms with Gasteiger partial charge in [-0.25, -0.2) is 4.39 Å². The van der Waals surface area contributed by atoms with Gasteiger partial charge in [0, 0.05) is 17.0 Å². The van der Waals surface area contributed by atoms with Crippen molar-refractivity contribution in [2.45, 2.75) is 6.61 Å². The number of hydrogen-bond acceptors (Lipinski definition) is 4. The van der Waals surface area contributed by atoms with Crippen LogP contribution in [-0.4, -0.2) is 4.92 Å². The minimum absolute atomic E-state index is 0.0930. The Morgan fingerprint density at radius 3 is 2.78 bits per heavy atom. The van der Waals surface area contributed by atoms with Crippen LogP contribution in [0.25, 0.3) is 0 Å². The Labute approximate surface area is 111 Å². The predicted molar refractivity (Wildman–Crippen MR) is 66.7 cm³/mol. The summed E-state index contributed by atoms with van der Waals surface area (Å²) in [6, 6.07) is 6.54. The summed E-state index contributed by atoms with van der Waals surface area (Å²) in [5, 5.41) is 10.7. The van der Waals surface area contributed by atoms with Crippen molar-refractivity contribution in [1.82, 2.24) is 0 Å². The summed E-state index contributed by atoms with van der Waals surface area (Å²) in [5.74, 6) is -0.677. The molecule has 1 aromatic carbocycles. The first-order valence-corrected chi connectivity index (χ1v) is 6.06. The van der Waals surface area contributed by atoms with Crippen LogP contribution in [-0.2, 0) is 6.61 Å². The van der Waals surface area contributed by atoms with E-state index < -0.39 is 10.7 Å². The van der Waals surface area contributed by atoms with Gasteiger partial charge in [-0.15, -0.1) is 11.3 Å². The average Bonchev–Trinajstić information content (AvgIpc) is 2.72. The van der Waals surface area contributed by atoms with Gasteiger partial charge in [-0.3, -0.25) is 10.1 Å². The molecule has 2 aromatic rings. The number of nitro benzene ring substituents is 1. The van der Waals surface area contributed by atoms with Crippen molar-refractivity contribution in [3.8, 4) is 5.75 Å². The van der Waals surface area contributed by atoms with E-state index >= 15 is 0 Å². The van der Waals surface area contributed by atoms with Crippen molar-refractivity contribution in [3.05, 3.63) is 55.5 Å². The maximum atomic E-state index is 13.0. The summed E-state index contributed by atoms with van der Waals surface area (Å²) in [5.41, 5.74) is -0.265. The first-order chi connectivity index (χ1) is 8.56. The highest BCUT2D eigenvalue weighted by molar-refractivity contribution is 7.16. The number of rotatable bonds is 4. The molecular formula is C11H7ClFNO3S. The maximum absolute atomic E-state index is 13.0. The molecule has 94 valence electrons. The van der Waals surface area contributed by atoms with Gasteiger partial charge in [0.1, 0.15) is 12.4 Å². The highest BCUT2D eigenvalue weighted by Gasteiger charge is 2.16. The fraction of sp³-hybridized carbons (Fsp3) is 0.0909. The second-order valence-corrected chi connectivity index (χ2v) is 5.16. The van der Waals surface area contributed by atoms with E-state index in [1.807, 2.05) is 0 Å². The van der Waals surface area contributed by atoms with E-state index in [0.29, 0.717) is 4.34 Å².